The van der Waals surface area contributed by atoms with E-state index < -0.39 is 0 Å². The van der Waals surface area contributed by atoms with Gasteiger partial charge in [0.05, 0.1) is 5.69 Å². The van der Waals surface area contributed by atoms with Gasteiger partial charge in [-0.2, -0.15) is 5.10 Å². The summed E-state index contributed by atoms with van der Waals surface area (Å²) in [4.78, 5) is 11.5. The van der Waals surface area contributed by atoms with E-state index in [1.807, 2.05) is 31.2 Å². The molecule has 0 fully saturated rings. The molecule has 0 saturated heterocycles. The molecule has 0 amide bonds. The highest BCUT2D eigenvalue weighted by atomic mass is 16.1. The summed E-state index contributed by atoms with van der Waals surface area (Å²) in [6.45, 7) is 2.65. The Labute approximate surface area is 99.7 Å². The molecule has 2 N–H and O–H groups in total. The standard InChI is InChI=1S/C13H15N3O/c1-2-8-16-13(17)7-6-12(15-16)10-4-3-5-11(14)9-10/h3-7,9H,2,8,14H2,1H3. The predicted octanol–water partition coefficient (Wildman–Crippen LogP) is 1.90. The van der Waals surface area contributed by atoms with Crippen molar-refractivity contribution in [2.24, 2.45) is 0 Å². The molecule has 4 heteroatoms. The van der Waals surface area contributed by atoms with Crippen LogP contribution >= 0.6 is 0 Å². The summed E-state index contributed by atoms with van der Waals surface area (Å²) in [6, 6.07) is 10.8. The molecule has 0 aliphatic heterocycles. The summed E-state index contributed by atoms with van der Waals surface area (Å²) in [6.07, 6.45) is 0.882. The lowest BCUT2D eigenvalue weighted by atomic mass is 10.1. The van der Waals surface area contributed by atoms with Crippen molar-refractivity contribution in [1.29, 1.82) is 0 Å². The number of anilines is 1. The van der Waals surface area contributed by atoms with Gasteiger partial charge in [-0.15, -0.1) is 0 Å². The number of nitrogens with two attached hydrogens (primary N) is 1. The van der Waals surface area contributed by atoms with Gasteiger partial charge in [0.2, 0.25) is 0 Å². The van der Waals surface area contributed by atoms with Crippen LogP contribution in [0.1, 0.15) is 13.3 Å². The van der Waals surface area contributed by atoms with E-state index in [1.165, 1.54) is 4.68 Å². The number of rotatable bonds is 3. The maximum absolute atomic E-state index is 11.5. The quantitative estimate of drug-likeness (QED) is 0.818. The van der Waals surface area contributed by atoms with Gasteiger partial charge in [-0.1, -0.05) is 19.1 Å². The van der Waals surface area contributed by atoms with E-state index in [0.717, 1.165) is 17.7 Å². The second-order valence-corrected chi connectivity index (χ2v) is 3.91. The van der Waals surface area contributed by atoms with Gasteiger partial charge in [0.25, 0.3) is 5.56 Å². The Bertz CT molecular complexity index is 575. The number of benzene rings is 1. The Hall–Kier alpha value is -2.10. The third-order valence-electron chi connectivity index (χ3n) is 2.48. The molecule has 17 heavy (non-hydrogen) atoms. The first-order chi connectivity index (χ1) is 8.20. The van der Waals surface area contributed by atoms with Crippen LogP contribution in [0.3, 0.4) is 0 Å². The molecule has 1 aromatic carbocycles. The summed E-state index contributed by atoms with van der Waals surface area (Å²) in [5.74, 6) is 0. The van der Waals surface area contributed by atoms with E-state index in [0.29, 0.717) is 12.2 Å². The molecule has 4 nitrogen and oxygen atoms in total. The molecule has 2 rings (SSSR count). The van der Waals surface area contributed by atoms with E-state index in [4.69, 9.17) is 5.73 Å². The second kappa shape index (κ2) is 4.82. The lowest BCUT2D eigenvalue weighted by Gasteiger charge is -2.06. The van der Waals surface area contributed by atoms with Gasteiger partial charge in [-0.3, -0.25) is 4.79 Å². The lowest BCUT2D eigenvalue weighted by Crippen LogP contribution is -2.21. The van der Waals surface area contributed by atoms with Crippen LogP contribution in [0.15, 0.2) is 41.2 Å². The first-order valence-corrected chi connectivity index (χ1v) is 5.65. The number of hydrogen-bond acceptors (Lipinski definition) is 3. The molecule has 0 spiro atoms. The minimum Gasteiger partial charge on any atom is -0.399 e. The number of nitrogen functional groups attached to an aromatic ring is 1. The molecule has 0 unspecified atom stereocenters. The van der Waals surface area contributed by atoms with Gasteiger partial charge >= 0.3 is 0 Å². The van der Waals surface area contributed by atoms with Crippen LogP contribution in [0.2, 0.25) is 0 Å². The molecule has 0 atom stereocenters. The molecule has 0 radical (unpaired) electrons. The molecule has 0 aliphatic carbocycles. The molecule has 0 aliphatic rings. The van der Waals surface area contributed by atoms with Crippen LogP contribution < -0.4 is 11.3 Å². The van der Waals surface area contributed by atoms with Gasteiger partial charge in [0.15, 0.2) is 0 Å². The average Bonchev–Trinajstić information content (AvgIpc) is 2.32. The van der Waals surface area contributed by atoms with Gasteiger partial charge < -0.3 is 5.73 Å². The summed E-state index contributed by atoms with van der Waals surface area (Å²) in [7, 11) is 0. The van der Waals surface area contributed by atoms with Crippen molar-refractivity contribution in [2.45, 2.75) is 19.9 Å². The molecule has 0 saturated carbocycles. The number of aromatic nitrogens is 2. The Morgan fingerprint density at radius 1 is 1.29 bits per heavy atom. The van der Waals surface area contributed by atoms with Gasteiger partial charge in [-0.05, 0) is 24.6 Å². The Kier molecular flexibility index (Phi) is 3.23. The maximum Gasteiger partial charge on any atom is 0.266 e. The summed E-state index contributed by atoms with van der Waals surface area (Å²) >= 11 is 0. The van der Waals surface area contributed by atoms with E-state index in [2.05, 4.69) is 5.10 Å². The van der Waals surface area contributed by atoms with Crippen LogP contribution in [0.4, 0.5) is 5.69 Å². The Morgan fingerprint density at radius 2 is 2.12 bits per heavy atom. The highest BCUT2D eigenvalue weighted by Crippen LogP contribution is 2.17. The predicted molar refractivity (Wildman–Crippen MR) is 68.6 cm³/mol. The normalized spacial score (nSPS) is 10.4. The molecule has 2 aromatic rings. The fourth-order valence-corrected chi connectivity index (χ4v) is 1.67. The highest BCUT2D eigenvalue weighted by Gasteiger charge is 2.02. The zero-order valence-corrected chi connectivity index (χ0v) is 9.76. The first kappa shape index (κ1) is 11.4. The largest absolute Gasteiger partial charge is 0.399 e. The van der Waals surface area contributed by atoms with Crippen LogP contribution in [0.25, 0.3) is 11.3 Å². The summed E-state index contributed by atoms with van der Waals surface area (Å²) in [5, 5.41) is 4.32. The van der Waals surface area contributed by atoms with Crippen LogP contribution in [-0.2, 0) is 6.54 Å². The molecular weight excluding hydrogens is 214 g/mol. The fourth-order valence-electron chi connectivity index (χ4n) is 1.67. The molecule has 1 heterocycles. The number of hydrogen-bond donors (Lipinski definition) is 1. The minimum absolute atomic E-state index is 0.0699. The smallest absolute Gasteiger partial charge is 0.266 e. The third kappa shape index (κ3) is 2.53. The zero-order chi connectivity index (χ0) is 12.3. The topological polar surface area (TPSA) is 60.9 Å². The highest BCUT2D eigenvalue weighted by molar-refractivity contribution is 5.63. The van der Waals surface area contributed by atoms with Gasteiger partial charge in [0, 0.05) is 23.9 Å². The Morgan fingerprint density at radius 3 is 2.82 bits per heavy atom. The van der Waals surface area contributed by atoms with Crippen molar-refractivity contribution in [3.05, 3.63) is 46.8 Å². The second-order valence-electron chi connectivity index (χ2n) is 3.91. The number of nitrogens with zero attached hydrogens (tertiary/aromatic N) is 2. The van der Waals surface area contributed by atoms with Crippen LogP contribution in [0.5, 0.6) is 0 Å². The van der Waals surface area contributed by atoms with E-state index in [1.54, 1.807) is 12.1 Å². The first-order valence-electron chi connectivity index (χ1n) is 5.65. The molecule has 1 aromatic heterocycles. The van der Waals surface area contributed by atoms with Gasteiger partial charge in [-0.25, -0.2) is 4.68 Å². The molecular formula is C13H15N3O. The minimum atomic E-state index is -0.0699. The lowest BCUT2D eigenvalue weighted by molar-refractivity contribution is 0.570. The molecule has 0 bridgehead atoms. The van der Waals surface area contributed by atoms with Crippen molar-refractivity contribution >= 4 is 5.69 Å². The van der Waals surface area contributed by atoms with E-state index >= 15 is 0 Å². The maximum atomic E-state index is 11.5. The van der Waals surface area contributed by atoms with Crippen molar-refractivity contribution in [1.82, 2.24) is 9.78 Å². The van der Waals surface area contributed by atoms with Crippen molar-refractivity contribution in [3.8, 4) is 11.3 Å². The van der Waals surface area contributed by atoms with Crippen molar-refractivity contribution in [3.63, 3.8) is 0 Å². The van der Waals surface area contributed by atoms with Crippen molar-refractivity contribution < 1.29 is 0 Å². The van der Waals surface area contributed by atoms with Crippen molar-refractivity contribution in [2.75, 3.05) is 5.73 Å². The van der Waals surface area contributed by atoms with Crippen LogP contribution in [-0.4, -0.2) is 9.78 Å². The Balaban J connectivity index is 2.46. The van der Waals surface area contributed by atoms with E-state index in [9.17, 15) is 4.79 Å². The van der Waals surface area contributed by atoms with Gasteiger partial charge in [0.1, 0.15) is 0 Å². The third-order valence-corrected chi connectivity index (χ3v) is 2.48. The average molecular weight is 229 g/mol. The zero-order valence-electron chi connectivity index (χ0n) is 9.76. The summed E-state index contributed by atoms with van der Waals surface area (Å²) < 4.78 is 1.48. The molecule has 88 valence electrons. The fraction of sp³-hybridized carbons (Fsp3) is 0.231. The SMILES string of the molecule is CCCn1nc(-c2cccc(N)c2)ccc1=O. The van der Waals surface area contributed by atoms with Crippen LogP contribution in [0, 0.1) is 0 Å². The monoisotopic (exact) mass is 229 g/mol. The summed E-state index contributed by atoms with van der Waals surface area (Å²) in [5.41, 5.74) is 8.04. The number of aryl methyl sites for hydroxylation is 1. The van der Waals surface area contributed by atoms with E-state index in [-0.39, 0.29) is 5.56 Å².